The zero-order valence-corrected chi connectivity index (χ0v) is 15.8. The molecular formula is C18H26N4O2S. The minimum Gasteiger partial charge on any atom is -0.365 e. The smallest absolute Gasteiger partial charge is 0.265 e. The first kappa shape index (κ1) is 17.9. The summed E-state index contributed by atoms with van der Waals surface area (Å²) in [6, 6.07) is 0. The number of likely N-dealkylation sites (tertiary alicyclic amines) is 2. The molecule has 1 spiro atoms. The maximum atomic E-state index is 12.8. The van der Waals surface area contributed by atoms with Gasteiger partial charge in [0.2, 0.25) is 5.91 Å². The predicted octanol–water partition coefficient (Wildman–Crippen LogP) is 2.52. The van der Waals surface area contributed by atoms with E-state index in [4.69, 9.17) is 0 Å². The van der Waals surface area contributed by atoms with Gasteiger partial charge in [0.15, 0.2) is 5.13 Å². The Morgan fingerprint density at radius 3 is 2.72 bits per heavy atom. The van der Waals surface area contributed by atoms with Crippen molar-refractivity contribution in [1.29, 1.82) is 0 Å². The second-order valence-electron chi connectivity index (χ2n) is 7.04. The average Bonchev–Trinajstić information content (AvgIpc) is 3.00. The average molecular weight is 362 g/mol. The van der Waals surface area contributed by atoms with E-state index in [2.05, 4.69) is 16.9 Å². The normalized spacial score (nSPS) is 20.0. The largest absolute Gasteiger partial charge is 0.365 e. The molecule has 1 aromatic heterocycles. The lowest BCUT2D eigenvalue weighted by molar-refractivity contribution is -0.138. The van der Waals surface area contributed by atoms with E-state index in [1.807, 2.05) is 23.8 Å². The quantitative estimate of drug-likeness (QED) is 0.836. The van der Waals surface area contributed by atoms with Crippen molar-refractivity contribution in [2.75, 3.05) is 38.5 Å². The molecule has 2 amide bonds. The van der Waals surface area contributed by atoms with Gasteiger partial charge in [-0.2, -0.15) is 0 Å². The Bertz CT molecular complexity index is 677. The van der Waals surface area contributed by atoms with Gasteiger partial charge in [-0.25, -0.2) is 4.98 Å². The van der Waals surface area contributed by atoms with Gasteiger partial charge in [-0.1, -0.05) is 17.4 Å². The van der Waals surface area contributed by atoms with Crippen LogP contribution in [0.3, 0.4) is 0 Å². The second kappa shape index (κ2) is 7.15. The van der Waals surface area contributed by atoms with Crippen molar-refractivity contribution in [3.63, 3.8) is 0 Å². The van der Waals surface area contributed by atoms with Gasteiger partial charge >= 0.3 is 0 Å². The molecule has 0 aliphatic carbocycles. The van der Waals surface area contributed by atoms with Crippen LogP contribution in [0.2, 0.25) is 0 Å². The number of carbonyl (C=O) groups is 2. The highest BCUT2D eigenvalue weighted by Crippen LogP contribution is 2.40. The zero-order chi connectivity index (χ0) is 18.0. The Morgan fingerprint density at radius 1 is 1.40 bits per heavy atom. The van der Waals surface area contributed by atoms with Gasteiger partial charge in [-0.05, 0) is 31.6 Å². The van der Waals surface area contributed by atoms with E-state index in [0.717, 1.165) is 54.6 Å². The Labute approximate surface area is 152 Å². The van der Waals surface area contributed by atoms with Crippen LogP contribution in [0, 0.1) is 12.3 Å². The summed E-state index contributed by atoms with van der Waals surface area (Å²) in [4.78, 5) is 33.8. The highest BCUT2D eigenvalue weighted by atomic mass is 32.1. The molecule has 0 radical (unpaired) electrons. The molecule has 0 saturated carbocycles. The SMILES string of the molecule is C=CCN1CC2(CCC1=O)CCN(C(=O)c1sc(NC)nc1C)CC2. The number of piperidine rings is 2. The summed E-state index contributed by atoms with van der Waals surface area (Å²) in [6.45, 7) is 8.56. The first-order chi connectivity index (χ1) is 12.0. The van der Waals surface area contributed by atoms with E-state index in [1.54, 1.807) is 6.08 Å². The van der Waals surface area contributed by atoms with Gasteiger partial charge in [-0.15, -0.1) is 6.58 Å². The molecule has 0 bridgehead atoms. The van der Waals surface area contributed by atoms with Crippen molar-refractivity contribution in [2.45, 2.75) is 32.6 Å². The minimum absolute atomic E-state index is 0.0844. The van der Waals surface area contributed by atoms with E-state index in [9.17, 15) is 9.59 Å². The van der Waals surface area contributed by atoms with Gasteiger partial charge in [0.25, 0.3) is 5.91 Å². The molecule has 2 aliphatic rings. The molecule has 0 unspecified atom stereocenters. The van der Waals surface area contributed by atoms with E-state index in [0.29, 0.717) is 13.0 Å². The summed E-state index contributed by atoms with van der Waals surface area (Å²) in [6.07, 6.45) is 5.25. The van der Waals surface area contributed by atoms with E-state index >= 15 is 0 Å². The maximum Gasteiger partial charge on any atom is 0.265 e. The van der Waals surface area contributed by atoms with E-state index < -0.39 is 0 Å². The van der Waals surface area contributed by atoms with E-state index in [1.165, 1.54) is 11.3 Å². The van der Waals surface area contributed by atoms with Crippen molar-refractivity contribution in [2.24, 2.45) is 5.41 Å². The van der Waals surface area contributed by atoms with Crippen LogP contribution in [-0.2, 0) is 4.79 Å². The number of nitrogens with zero attached hydrogens (tertiary/aromatic N) is 3. The number of rotatable bonds is 4. The molecule has 0 atom stereocenters. The van der Waals surface area contributed by atoms with Gasteiger partial charge in [0.05, 0.1) is 5.69 Å². The number of hydrogen-bond donors (Lipinski definition) is 1. The Balaban J connectivity index is 1.65. The van der Waals surface area contributed by atoms with Crippen LogP contribution >= 0.6 is 11.3 Å². The Kier molecular flexibility index (Phi) is 5.13. The fraction of sp³-hybridized carbons (Fsp3) is 0.611. The summed E-state index contributed by atoms with van der Waals surface area (Å²) in [5.74, 6) is 0.310. The molecule has 25 heavy (non-hydrogen) atoms. The fourth-order valence-electron chi connectivity index (χ4n) is 3.86. The van der Waals surface area contributed by atoms with E-state index in [-0.39, 0.29) is 17.2 Å². The summed E-state index contributed by atoms with van der Waals surface area (Å²) >= 11 is 1.42. The molecule has 2 aliphatic heterocycles. The van der Waals surface area contributed by atoms with Gasteiger partial charge < -0.3 is 15.1 Å². The number of amides is 2. The van der Waals surface area contributed by atoms with Gasteiger partial charge in [0, 0.05) is 39.6 Å². The third-order valence-corrected chi connectivity index (χ3v) is 6.58. The number of anilines is 1. The highest BCUT2D eigenvalue weighted by molar-refractivity contribution is 7.17. The van der Waals surface area contributed by atoms with Crippen LogP contribution in [0.1, 0.15) is 41.0 Å². The summed E-state index contributed by atoms with van der Waals surface area (Å²) < 4.78 is 0. The van der Waals surface area contributed by atoms with Crippen LogP contribution in [0.25, 0.3) is 0 Å². The monoisotopic (exact) mass is 362 g/mol. The predicted molar refractivity (Wildman–Crippen MR) is 100.0 cm³/mol. The molecule has 2 fully saturated rings. The van der Waals surface area contributed by atoms with Gasteiger partial charge in [0.1, 0.15) is 4.88 Å². The number of nitrogens with one attached hydrogen (secondary N) is 1. The Morgan fingerprint density at radius 2 is 2.12 bits per heavy atom. The molecule has 1 aromatic rings. The molecule has 1 N–H and O–H groups in total. The topological polar surface area (TPSA) is 65.5 Å². The van der Waals surface area contributed by atoms with Crippen LogP contribution in [-0.4, -0.2) is 59.8 Å². The Hall–Kier alpha value is -1.89. The van der Waals surface area contributed by atoms with Crippen molar-refractivity contribution >= 4 is 28.3 Å². The maximum absolute atomic E-state index is 12.8. The third-order valence-electron chi connectivity index (χ3n) is 5.41. The standard InChI is InChI=1S/C18H26N4O2S/c1-4-9-22-12-18(6-5-14(22)23)7-10-21(11-8-18)16(24)15-13(2)20-17(19-3)25-15/h4H,1,5-12H2,2-3H3,(H,19,20). The number of aromatic nitrogens is 1. The van der Waals surface area contributed by atoms with Crippen LogP contribution in [0.4, 0.5) is 5.13 Å². The van der Waals surface area contributed by atoms with Crippen molar-refractivity contribution < 1.29 is 9.59 Å². The molecule has 7 heteroatoms. The van der Waals surface area contributed by atoms with Crippen LogP contribution < -0.4 is 5.32 Å². The third kappa shape index (κ3) is 3.56. The molecular weight excluding hydrogens is 336 g/mol. The number of carbonyl (C=O) groups excluding carboxylic acids is 2. The highest BCUT2D eigenvalue weighted by Gasteiger charge is 2.41. The molecule has 3 heterocycles. The first-order valence-electron chi connectivity index (χ1n) is 8.81. The molecule has 136 valence electrons. The van der Waals surface area contributed by atoms with Crippen molar-refractivity contribution in [3.05, 3.63) is 23.2 Å². The fourth-order valence-corrected chi connectivity index (χ4v) is 4.75. The van der Waals surface area contributed by atoms with Crippen LogP contribution in [0.15, 0.2) is 12.7 Å². The lowest BCUT2D eigenvalue weighted by atomic mass is 9.72. The number of hydrogen-bond acceptors (Lipinski definition) is 5. The van der Waals surface area contributed by atoms with Crippen molar-refractivity contribution in [3.8, 4) is 0 Å². The molecule has 0 aromatic carbocycles. The first-order valence-corrected chi connectivity index (χ1v) is 9.63. The lowest BCUT2D eigenvalue weighted by Crippen LogP contribution is -2.52. The van der Waals surface area contributed by atoms with Crippen LogP contribution in [0.5, 0.6) is 0 Å². The lowest BCUT2D eigenvalue weighted by Gasteiger charge is -2.47. The summed E-state index contributed by atoms with van der Waals surface area (Å²) in [7, 11) is 1.82. The zero-order valence-electron chi connectivity index (χ0n) is 15.0. The van der Waals surface area contributed by atoms with Gasteiger partial charge in [-0.3, -0.25) is 9.59 Å². The summed E-state index contributed by atoms with van der Waals surface area (Å²) in [5, 5.41) is 3.78. The molecule has 3 rings (SSSR count). The molecule has 2 saturated heterocycles. The minimum atomic E-state index is 0.0844. The molecule has 6 nitrogen and oxygen atoms in total. The summed E-state index contributed by atoms with van der Waals surface area (Å²) in [5.41, 5.74) is 0.951. The second-order valence-corrected chi connectivity index (χ2v) is 8.04. The van der Waals surface area contributed by atoms with Crippen molar-refractivity contribution in [1.82, 2.24) is 14.8 Å². The number of thiazole rings is 1. The number of aryl methyl sites for hydroxylation is 1.